The van der Waals surface area contributed by atoms with Crippen molar-refractivity contribution < 1.29 is 9.13 Å². The van der Waals surface area contributed by atoms with Gasteiger partial charge in [0.2, 0.25) is 5.88 Å². The van der Waals surface area contributed by atoms with Crippen LogP contribution in [-0.4, -0.2) is 18.6 Å². The van der Waals surface area contributed by atoms with Crippen LogP contribution in [0.4, 0.5) is 4.39 Å². The van der Waals surface area contributed by atoms with Crippen LogP contribution in [0.3, 0.4) is 0 Å². The van der Waals surface area contributed by atoms with Gasteiger partial charge in [0.15, 0.2) is 0 Å². The molecule has 1 aromatic rings. The number of halogens is 1. The molecule has 3 nitrogen and oxygen atoms in total. The number of ether oxygens (including phenoxy) is 1. The van der Waals surface area contributed by atoms with Crippen LogP contribution in [-0.2, 0) is 0 Å². The maximum atomic E-state index is 12.7. The zero-order chi connectivity index (χ0) is 9.68. The maximum Gasteiger partial charge on any atom is 0.220 e. The molecule has 1 rings (SSSR count). The van der Waals surface area contributed by atoms with Crippen molar-refractivity contribution in [1.82, 2.24) is 4.98 Å². The fourth-order valence-corrected chi connectivity index (χ4v) is 0.927. The van der Waals surface area contributed by atoms with Crippen molar-refractivity contribution in [3.05, 3.63) is 29.7 Å². The van der Waals surface area contributed by atoms with Gasteiger partial charge in [-0.25, -0.2) is 9.37 Å². The molecular formula is C9H11FN2O. The van der Waals surface area contributed by atoms with Crippen LogP contribution in [0, 0.1) is 5.82 Å². The molecule has 1 heterocycles. The summed E-state index contributed by atoms with van der Waals surface area (Å²) in [7, 11) is 1.49. The van der Waals surface area contributed by atoms with Gasteiger partial charge >= 0.3 is 0 Å². The van der Waals surface area contributed by atoms with Crippen LogP contribution in [0.15, 0.2) is 18.3 Å². The Labute approximate surface area is 76.0 Å². The van der Waals surface area contributed by atoms with Crippen molar-refractivity contribution in [1.29, 1.82) is 0 Å². The van der Waals surface area contributed by atoms with E-state index in [2.05, 4.69) is 4.98 Å². The highest BCUT2D eigenvalue weighted by molar-refractivity contribution is 5.54. The van der Waals surface area contributed by atoms with E-state index in [9.17, 15) is 4.39 Å². The van der Waals surface area contributed by atoms with Crippen LogP contribution in [0.1, 0.15) is 5.56 Å². The number of hydrogen-bond acceptors (Lipinski definition) is 3. The van der Waals surface area contributed by atoms with E-state index in [0.717, 1.165) is 6.20 Å². The molecule has 0 unspecified atom stereocenters. The minimum atomic E-state index is -0.391. The van der Waals surface area contributed by atoms with Gasteiger partial charge in [-0.15, -0.1) is 0 Å². The molecule has 1 aromatic heterocycles. The Morgan fingerprint density at radius 1 is 1.69 bits per heavy atom. The van der Waals surface area contributed by atoms with E-state index in [1.54, 1.807) is 12.2 Å². The third-order valence-electron chi connectivity index (χ3n) is 1.47. The molecule has 0 spiro atoms. The summed E-state index contributed by atoms with van der Waals surface area (Å²) in [5.74, 6) is 0.00331. The maximum absolute atomic E-state index is 12.7. The first kappa shape index (κ1) is 9.67. The summed E-state index contributed by atoms with van der Waals surface area (Å²) in [5, 5.41) is 0. The molecule has 0 amide bonds. The van der Waals surface area contributed by atoms with Crippen molar-refractivity contribution in [2.24, 2.45) is 5.73 Å². The molecule has 0 aliphatic heterocycles. The number of nitrogens with two attached hydrogens (primary N) is 1. The Hall–Kier alpha value is -1.42. The van der Waals surface area contributed by atoms with E-state index in [-0.39, 0.29) is 0 Å². The summed E-state index contributed by atoms with van der Waals surface area (Å²) in [4.78, 5) is 3.76. The average molecular weight is 182 g/mol. The highest BCUT2D eigenvalue weighted by Crippen LogP contribution is 2.16. The molecule has 0 fully saturated rings. The van der Waals surface area contributed by atoms with Crippen LogP contribution >= 0.6 is 0 Å². The number of nitrogens with zero attached hydrogens (tertiary/aromatic N) is 1. The van der Waals surface area contributed by atoms with E-state index >= 15 is 0 Å². The first-order valence-corrected chi connectivity index (χ1v) is 3.84. The predicted octanol–water partition coefficient (Wildman–Crippen LogP) is 1.20. The molecule has 0 radical (unpaired) electrons. The normalized spacial score (nSPS) is 10.7. The van der Waals surface area contributed by atoms with Gasteiger partial charge < -0.3 is 10.5 Å². The lowest BCUT2D eigenvalue weighted by molar-refractivity contribution is 0.394. The largest absolute Gasteiger partial charge is 0.481 e. The molecule has 0 saturated carbocycles. The molecule has 0 aliphatic rings. The third kappa shape index (κ3) is 2.52. The van der Waals surface area contributed by atoms with Crippen LogP contribution in [0.5, 0.6) is 5.88 Å². The molecule has 70 valence electrons. The summed E-state index contributed by atoms with van der Waals surface area (Å²) in [5.41, 5.74) is 5.85. The fraction of sp³-hybridized carbons (Fsp3) is 0.222. The number of aromatic nitrogens is 1. The summed E-state index contributed by atoms with van der Waals surface area (Å²) < 4.78 is 17.7. The van der Waals surface area contributed by atoms with E-state index in [0.29, 0.717) is 18.0 Å². The van der Waals surface area contributed by atoms with Gasteiger partial charge in [-0.2, -0.15) is 0 Å². The van der Waals surface area contributed by atoms with Gasteiger partial charge in [0.1, 0.15) is 5.82 Å². The Bertz CT molecular complexity index is 312. The molecule has 0 saturated heterocycles. The van der Waals surface area contributed by atoms with Crippen molar-refractivity contribution in [2.75, 3.05) is 13.7 Å². The fourth-order valence-electron chi connectivity index (χ4n) is 0.927. The lowest BCUT2D eigenvalue weighted by atomic mass is 10.2. The van der Waals surface area contributed by atoms with Gasteiger partial charge in [-0.1, -0.05) is 12.2 Å². The van der Waals surface area contributed by atoms with Gasteiger partial charge in [0.25, 0.3) is 0 Å². The quantitative estimate of drug-likeness (QED) is 0.764. The van der Waals surface area contributed by atoms with Crippen LogP contribution in [0.2, 0.25) is 0 Å². The van der Waals surface area contributed by atoms with Gasteiger partial charge in [0.05, 0.1) is 13.3 Å². The number of pyridine rings is 1. The molecular weight excluding hydrogens is 171 g/mol. The summed E-state index contributed by atoms with van der Waals surface area (Å²) in [6.45, 7) is 0.402. The Morgan fingerprint density at radius 3 is 3.08 bits per heavy atom. The third-order valence-corrected chi connectivity index (χ3v) is 1.47. The summed E-state index contributed by atoms with van der Waals surface area (Å²) in [6, 6.07) is 1.35. The lowest BCUT2D eigenvalue weighted by Crippen LogP contribution is -1.94. The second-order valence-corrected chi connectivity index (χ2v) is 2.39. The van der Waals surface area contributed by atoms with E-state index in [4.69, 9.17) is 10.5 Å². The molecule has 0 atom stereocenters. The average Bonchev–Trinajstić information content (AvgIpc) is 2.15. The second-order valence-electron chi connectivity index (χ2n) is 2.39. The Balaban J connectivity index is 3.01. The molecule has 0 aromatic carbocycles. The van der Waals surface area contributed by atoms with Crippen molar-refractivity contribution >= 4 is 6.08 Å². The van der Waals surface area contributed by atoms with Gasteiger partial charge in [-0.3, -0.25) is 0 Å². The first-order chi connectivity index (χ1) is 6.27. The lowest BCUT2D eigenvalue weighted by Gasteiger charge is -2.02. The van der Waals surface area contributed by atoms with E-state index in [1.807, 2.05) is 0 Å². The Kier molecular flexibility index (Phi) is 3.40. The summed E-state index contributed by atoms with van der Waals surface area (Å²) >= 11 is 0. The second kappa shape index (κ2) is 4.57. The predicted molar refractivity (Wildman–Crippen MR) is 48.8 cm³/mol. The number of methoxy groups -OCH3 is 1. The van der Waals surface area contributed by atoms with Gasteiger partial charge in [-0.05, 0) is 6.07 Å². The SMILES string of the molecule is COc1ncc(F)cc1C=CCN. The van der Waals surface area contributed by atoms with Crippen molar-refractivity contribution in [3.8, 4) is 5.88 Å². The number of rotatable bonds is 3. The van der Waals surface area contributed by atoms with E-state index < -0.39 is 5.82 Å². The Morgan fingerprint density at radius 2 is 2.46 bits per heavy atom. The number of hydrogen-bond donors (Lipinski definition) is 1. The van der Waals surface area contributed by atoms with Crippen molar-refractivity contribution in [2.45, 2.75) is 0 Å². The van der Waals surface area contributed by atoms with E-state index in [1.165, 1.54) is 13.2 Å². The standard InChI is InChI=1S/C9H11FN2O/c1-13-9-7(3-2-4-11)5-8(10)6-12-9/h2-3,5-6H,4,11H2,1H3. The molecule has 13 heavy (non-hydrogen) atoms. The minimum absolute atomic E-state index is 0.391. The minimum Gasteiger partial charge on any atom is -0.481 e. The smallest absolute Gasteiger partial charge is 0.220 e. The molecule has 4 heteroatoms. The van der Waals surface area contributed by atoms with Crippen LogP contribution in [0.25, 0.3) is 6.08 Å². The summed E-state index contributed by atoms with van der Waals surface area (Å²) in [6.07, 6.45) is 4.49. The zero-order valence-corrected chi connectivity index (χ0v) is 7.33. The van der Waals surface area contributed by atoms with Crippen molar-refractivity contribution in [3.63, 3.8) is 0 Å². The highest BCUT2D eigenvalue weighted by atomic mass is 19.1. The monoisotopic (exact) mass is 182 g/mol. The molecule has 2 N–H and O–H groups in total. The zero-order valence-electron chi connectivity index (χ0n) is 7.33. The van der Waals surface area contributed by atoms with Crippen LogP contribution < -0.4 is 10.5 Å². The highest BCUT2D eigenvalue weighted by Gasteiger charge is 2.01. The molecule has 0 aliphatic carbocycles. The topological polar surface area (TPSA) is 48.1 Å². The molecule has 0 bridgehead atoms. The first-order valence-electron chi connectivity index (χ1n) is 3.84. The van der Waals surface area contributed by atoms with Gasteiger partial charge in [0, 0.05) is 12.1 Å².